The fraction of sp³-hybridized carbons (Fsp3) is 0.429. The van der Waals surface area contributed by atoms with Crippen molar-refractivity contribution in [3.05, 3.63) is 54.0 Å². The number of thioether (sulfide) groups is 1. The SMILES string of the molecule is CC(C)C(NC(=O)CSc1ccc(S(=O)(=O)N2CCOCC2)cn1)c1ccc(F)cc1. The summed E-state index contributed by atoms with van der Waals surface area (Å²) in [5.41, 5.74) is 0.838. The summed E-state index contributed by atoms with van der Waals surface area (Å²) < 4.78 is 45.1. The van der Waals surface area contributed by atoms with E-state index in [2.05, 4.69) is 10.3 Å². The van der Waals surface area contributed by atoms with Gasteiger partial charge in [0.1, 0.15) is 10.7 Å². The molecule has 31 heavy (non-hydrogen) atoms. The summed E-state index contributed by atoms with van der Waals surface area (Å²) in [4.78, 5) is 16.8. The Balaban J connectivity index is 1.57. The van der Waals surface area contributed by atoms with E-state index in [9.17, 15) is 17.6 Å². The zero-order chi connectivity index (χ0) is 22.4. The Morgan fingerprint density at radius 1 is 1.19 bits per heavy atom. The van der Waals surface area contributed by atoms with Gasteiger partial charge < -0.3 is 10.1 Å². The Morgan fingerprint density at radius 3 is 2.45 bits per heavy atom. The molecule has 7 nitrogen and oxygen atoms in total. The number of ether oxygens (including phenoxy) is 1. The summed E-state index contributed by atoms with van der Waals surface area (Å²) in [5.74, 6) is -0.243. The third-order valence-electron chi connectivity index (χ3n) is 4.88. The van der Waals surface area contributed by atoms with E-state index in [1.807, 2.05) is 13.8 Å². The van der Waals surface area contributed by atoms with Crippen molar-refractivity contribution in [1.29, 1.82) is 0 Å². The lowest BCUT2D eigenvalue weighted by molar-refractivity contribution is -0.119. The molecule has 1 aliphatic rings. The van der Waals surface area contributed by atoms with Crippen LogP contribution in [0.5, 0.6) is 0 Å². The molecule has 1 aromatic carbocycles. The second kappa shape index (κ2) is 10.5. The maximum Gasteiger partial charge on any atom is 0.244 e. The van der Waals surface area contributed by atoms with Gasteiger partial charge in [-0.3, -0.25) is 4.79 Å². The van der Waals surface area contributed by atoms with Gasteiger partial charge in [0.15, 0.2) is 0 Å². The van der Waals surface area contributed by atoms with Crippen LogP contribution < -0.4 is 5.32 Å². The summed E-state index contributed by atoms with van der Waals surface area (Å²) in [5, 5.41) is 3.53. The van der Waals surface area contributed by atoms with Gasteiger partial charge in [0.25, 0.3) is 0 Å². The van der Waals surface area contributed by atoms with Gasteiger partial charge in [-0.25, -0.2) is 17.8 Å². The Hall–Kier alpha value is -2.01. The minimum atomic E-state index is -3.59. The topological polar surface area (TPSA) is 88.6 Å². The Bertz CT molecular complexity index is 977. The number of pyridine rings is 1. The fourth-order valence-corrected chi connectivity index (χ4v) is 5.21. The quantitative estimate of drug-likeness (QED) is 0.601. The van der Waals surface area contributed by atoms with Gasteiger partial charge in [-0.15, -0.1) is 0 Å². The molecule has 0 bridgehead atoms. The molecule has 1 aromatic heterocycles. The minimum absolute atomic E-state index is 0.124. The van der Waals surface area contributed by atoms with E-state index in [1.54, 1.807) is 18.2 Å². The number of rotatable bonds is 8. The summed E-state index contributed by atoms with van der Waals surface area (Å²) in [6.45, 7) is 5.37. The molecule has 1 fully saturated rings. The monoisotopic (exact) mass is 467 g/mol. The zero-order valence-corrected chi connectivity index (χ0v) is 19.1. The minimum Gasteiger partial charge on any atom is -0.379 e. The highest BCUT2D eigenvalue weighted by molar-refractivity contribution is 7.99. The number of nitrogens with zero attached hydrogens (tertiary/aromatic N) is 2. The number of benzene rings is 1. The van der Waals surface area contributed by atoms with Crippen molar-refractivity contribution in [2.75, 3.05) is 32.1 Å². The van der Waals surface area contributed by atoms with Crippen molar-refractivity contribution in [1.82, 2.24) is 14.6 Å². The second-order valence-corrected chi connectivity index (χ2v) is 10.4. The molecule has 1 amide bonds. The molecule has 1 atom stereocenters. The van der Waals surface area contributed by atoms with E-state index in [-0.39, 0.29) is 34.3 Å². The number of nitrogens with one attached hydrogen (secondary N) is 1. The van der Waals surface area contributed by atoms with E-state index >= 15 is 0 Å². The van der Waals surface area contributed by atoms with Crippen LogP contribution in [-0.4, -0.2) is 55.7 Å². The van der Waals surface area contributed by atoms with Gasteiger partial charge in [-0.1, -0.05) is 37.7 Å². The summed E-state index contributed by atoms with van der Waals surface area (Å²) in [7, 11) is -3.59. The number of hydrogen-bond acceptors (Lipinski definition) is 6. The van der Waals surface area contributed by atoms with Crippen molar-refractivity contribution in [3.8, 4) is 0 Å². The predicted octanol–water partition coefficient (Wildman–Crippen LogP) is 2.85. The highest BCUT2D eigenvalue weighted by atomic mass is 32.2. The molecule has 0 saturated carbocycles. The molecule has 0 radical (unpaired) electrons. The molecule has 10 heteroatoms. The first-order valence-electron chi connectivity index (χ1n) is 9.99. The third-order valence-corrected chi connectivity index (χ3v) is 7.71. The van der Waals surface area contributed by atoms with Crippen molar-refractivity contribution < 1.29 is 22.3 Å². The molecule has 1 saturated heterocycles. The standard InChI is InChI=1S/C21H26FN3O4S2/c1-15(2)21(16-3-5-17(22)6-4-16)24-19(26)14-30-20-8-7-18(13-23-20)31(27,28)25-9-11-29-12-10-25/h3-8,13,15,21H,9-12,14H2,1-2H3,(H,24,26). The normalized spacial score (nSPS) is 16.3. The summed E-state index contributed by atoms with van der Waals surface area (Å²) >= 11 is 1.22. The number of carbonyl (C=O) groups excluding carboxylic acids is 1. The highest BCUT2D eigenvalue weighted by Crippen LogP contribution is 2.24. The Kier molecular flexibility index (Phi) is 8.04. The lowest BCUT2D eigenvalue weighted by Crippen LogP contribution is -2.40. The highest BCUT2D eigenvalue weighted by Gasteiger charge is 2.26. The summed E-state index contributed by atoms with van der Waals surface area (Å²) in [6.07, 6.45) is 1.32. The molecular weight excluding hydrogens is 441 g/mol. The smallest absolute Gasteiger partial charge is 0.244 e. The molecule has 3 rings (SSSR count). The van der Waals surface area contributed by atoms with Crippen LogP contribution in [0, 0.1) is 11.7 Å². The van der Waals surface area contributed by atoms with Crippen LogP contribution in [0.1, 0.15) is 25.5 Å². The molecule has 2 aromatic rings. The predicted molar refractivity (Wildman–Crippen MR) is 117 cm³/mol. The number of aromatic nitrogens is 1. The van der Waals surface area contributed by atoms with Gasteiger partial charge in [-0.2, -0.15) is 4.31 Å². The fourth-order valence-electron chi connectivity index (χ4n) is 3.20. The molecule has 0 spiro atoms. The number of hydrogen-bond donors (Lipinski definition) is 1. The van der Waals surface area contributed by atoms with E-state index in [0.717, 1.165) is 5.56 Å². The average molecular weight is 468 g/mol. The maximum atomic E-state index is 13.2. The van der Waals surface area contributed by atoms with E-state index in [4.69, 9.17) is 4.74 Å². The summed E-state index contributed by atoms with van der Waals surface area (Å²) in [6, 6.07) is 8.97. The molecule has 2 heterocycles. The van der Waals surface area contributed by atoms with Crippen molar-refractivity contribution >= 4 is 27.7 Å². The number of morpholine rings is 1. The molecular formula is C21H26FN3O4S2. The zero-order valence-electron chi connectivity index (χ0n) is 17.5. The second-order valence-electron chi connectivity index (χ2n) is 7.48. The van der Waals surface area contributed by atoms with Crippen LogP contribution in [0.25, 0.3) is 0 Å². The van der Waals surface area contributed by atoms with Crippen molar-refractivity contribution in [3.63, 3.8) is 0 Å². The first kappa shape index (κ1) is 23.6. The lowest BCUT2D eigenvalue weighted by Gasteiger charge is -2.25. The van der Waals surface area contributed by atoms with Crippen molar-refractivity contribution in [2.45, 2.75) is 29.8 Å². The first-order valence-corrected chi connectivity index (χ1v) is 12.4. The Morgan fingerprint density at radius 2 is 1.87 bits per heavy atom. The van der Waals surface area contributed by atoms with Crippen LogP contribution in [0.2, 0.25) is 0 Å². The van der Waals surface area contributed by atoms with Gasteiger partial charge >= 0.3 is 0 Å². The van der Waals surface area contributed by atoms with Crippen LogP contribution in [0.3, 0.4) is 0 Å². The number of amides is 1. The molecule has 1 unspecified atom stereocenters. The number of halogens is 1. The van der Waals surface area contributed by atoms with Crippen LogP contribution in [-0.2, 0) is 19.6 Å². The van der Waals surface area contributed by atoms with Gasteiger partial charge in [0.05, 0.1) is 30.0 Å². The number of sulfonamides is 1. The third kappa shape index (κ3) is 6.25. The molecule has 1 aliphatic heterocycles. The maximum absolute atomic E-state index is 13.2. The van der Waals surface area contributed by atoms with E-state index in [1.165, 1.54) is 40.5 Å². The van der Waals surface area contributed by atoms with Gasteiger partial charge in [-0.05, 0) is 35.7 Å². The van der Waals surface area contributed by atoms with Crippen LogP contribution >= 0.6 is 11.8 Å². The largest absolute Gasteiger partial charge is 0.379 e. The lowest BCUT2D eigenvalue weighted by atomic mass is 9.96. The van der Waals surface area contributed by atoms with Crippen LogP contribution in [0.4, 0.5) is 4.39 Å². The first-order chi connectivity index (χ1) is 14.8. The van der Waals surface area contributed by atoms with Gasteiger partial charge in [0, 0.05) is 19.3 Å². The van der Waals surface area contributed by atoms with Crippen molar-refractivity contribution in [2.24, 2.45) is 5.92 Å². The van der Waals surface area contributed by atoms with Crippen LogP contribution in [0.15, 0.2) is 52.5 Å². The van der Waals surface area contributed by atoms with Gasteiger partial charge in [0.2, 0.25) is 15.9 Å². The average Bonchev–Trinajstić information content (AvgIpc) is 2.77. The van der Waals surface area contributed by atoms with E-state index < -0.39 is 10.0 Å². The molecule has 168 valence electrons. The molecule has 0 aliphatic carbocycles. The molecule has 1 N–H and O–H groups in total. The van der Waals surface area contributed by atoms with E-state index in [0.29, 0.717) is 31.3 Å². The number of carbonyl (C=O) groups is 1. The Labute approximate surface area is 186 Å².